The lowest BCUT2D eigenvalue weighted by Gasteiger charge is -2.25. The smallest absolute Gasteiger partial charge is 0.243 e. The topological polar surface area (TPSA) is 79.0 Å². The Kier molecular flexibility index (Phi) is 6.62. The van der Waals surface area contributed by atoms with Crippen LogP contribution in [-0.4, -0.2) is 49.8 Å². The fraction of sp³-hybridized carbons (Fsp3) is 0.588. The minimum atomic E-state index is -3.37. The predicted octanol–water partition coefficient (Wildman–Crippen LogP) is 2.02. The number of nitrogens with zero attached hydrogens (tertiary/aromatic N) is 3. The SMILES string of the molecule is CCN(CC)C(N)=NCc1ccc(S(=O)(=O)N2CCCCC2)cc1. The molecule has 0 atom stereocenters. The first kappa shape index (κ1) is 18.7. The molecule has 1 aliphatic rings. The lowest BCUT2D eigenvalue weighted by atomic mass is 10.2. The second-order valence-electron chi connectivity index (χ2n) is 5.96. The Labute approximate surface area is 145 Å². The van der Waals surface area contributed by atoms with Crippen LogP contribution in [-0.2, 0) is 16.6 Å². The van der Waals surface area contributed by atoms with Gasteiger partial charge in [-0.3, -0.25) is 0 Å². The minimum absolute atomic E-state index is 0.355. The summed E-state index contributed by atoms with van der Waals surface area (Å²) in [6, 6.07) is 6.97. The number of rotatable bonds is 6. The molecule has 1 heterocycles. The zero-order chi connectivity index (χ0) is 17.6. The minimum Gasteiger partial charge on any atom is -0.370 e. The van der Waals surface area contributed by atoms with Gasteiger partial charge < -0.3 is 10.6 Å². The monoisotopic (exact) mass is 352 g/mol. The van der Waals surface area contributed by atoms with E-state index in [1.165, 1.54) is 0 Å². The zero-order valence-corrected chi connectivity index (χ0v) is 15.4. The van der Waals surface area contributed by atoms with Gasteiger partial charge in [-0.1, -0.05) is 18.6 Å². The molecule has 24 heavy (non-hydrogen) atoms. The van der Waals surface area contributed by atoms with Gasteiger partial charge >= 0.3 is 0 Å². The molecule has 0 aromatic heterocycles. The van der Waals surface area contributed by atoms with Crippen LogP contribution < -0.4 is 5.73 Å². The van der Waals surface area contributed by atoms with Gasteiger partial charge in [-0.05, 0) is 44.4 Å². The van der Waals surface area contributed by atoms with Crippen LogP contribution in [0.1, 0.15) is 38.7 Å². The van der Waals surface area contributed by atoms with Gasteiger partial charge in [0.25, 0.3) is 0 Å². The largest absolute Gasteiger partial charge is 0.370 e. The maximum Gasteiger partial charge on any atom is 0.243 e. The van der Waals surface area contributed by atoms with Crippen molar-refractivity contribution in [2.75, 3.05) is 26.2 Å². The Balaban J connectivity index is 2.06. The predicted molar refractivity (Wildman–Crippen MR) is 97.3 cm³/mol. The molecule has 2 rings (SSSR count). The maximum absolute atomic E-state index is 12.6. The Morgan fingerprint density at radius 3 is 2.25 bits per heavy atom. The summed E-state index contributed by atoms with van der Waals surface area (Å²) in [5.41, 5.74) is 6.90. The average molecular weight is 353 g/mol. The number of hydrogen-bond acceptors (Lipinski definition) is 3. The Morgan fingerprint density at radius 2 is 1.71 bits per heavy atom. The number of nitrogens with two attached hydrogens (primary N) is 1. The van der Waals surface area contributed by atoms with E-state index in [1.807, 2.05) is 30.9 Å². The molecule has 1 fully saturated rings. The van der Waals surface area contributed by atoms with Crippen molar-refractivity contribution in [3.8, 4) is 0 Å². The van der Waals surface area contributed by atoms with Gasteiger partial charge in [0.15, 0.2) is 5.96 Å². The zero-order valence-electron chi connectivity index (χ0n) is 14.6. The Morgan fingerprint density at radius 1 is 1.12 bits per heavy atom. The summed E-state index contributed by atoms with van der Waals surface area (Å²) in [5.74, 6) is 0.519. The van der Waals surface area contributed by atoms with E-state index in [1.54, 1.807) is 16.4 Å². The molecule has 0 amide bonds. The van der Waals surface area contributed by atoms with E-state index in [0.717, 1.165) is 37.9 Å². The molecule has 1 saturated heterocycles. The summed E-state index contributed by atoms with van der Waals surface area (Å²) in [6.45, 7) is 7.39. The molecule has 0 unspecified atom stereocenters. The Bertz CT molecular complexity index is 646. The van der Waals surface area contributed by atoms with E-state index in [2.05, 4.69) is 4.99 Å². The number of guanidine groups is 1. The van der Waals surface area contributed by atoms with Gasteiger partial charge in [0, 0.05) is 26.2 Å². The van der Waals surface area contributed by atoms with Gasteiger partial charge in [0.2, 0.25) is 10.0 Å². The third-order valence-corrected chi connectivity index (χ3v) is 6.30. The van der Waals surface area contributed by atoms with E-state index in [0.29, 0.717) is 30.5 Å². The lowest BCUT2D eigenvalue weighted by molar-refractivity contribution is 0.346. The van der Waals surface area contributed by atoms with Crippen molar-refractivity contribution in [3.05, 3.63) is 29.8 Å². The summed E-state index contributed by atoms with van der Waals surface area (Å²) in [5, 5.41) is 0. The van der Waals surface area contributed by atoms with Crippen LogP contribution in [0.5, 0.6) is 0 Å². The molecule has 134 valence electrons. The van der Waals surface area contributed by atoms with Crippen molar-refractivity contribution in [2.45, 2.75) is 44.6 Å². The highest BCUT2D eigenvalue weighted by molar-refractivity contribution is 7.89. The van der Waals surface area contributed by atoms with E-state index in [9.17, 15) is 8.42 Å². The van der Waals surface area contributed by atoms with Crippen LogP contribution in [0, 0.1) is 0 Å². The molecular formula is C17H28N4O2S. The van der Waals surface area contributed by atoms with Crippen molar-refractivity contribution in [1.82, 2.24) is 9.21 Å². The molecule has 1 aromatic rings. The summed E-state index contributed by atoms with van der Waals surface area (Å²) in [4.78, 5) is 6.72. The first-order chi connectivity index (χ1) is 11.5. The van der Waals surface area contributed by atoms with Crippen LogP contribution in [0.25, 0.3) is 0 Å². The molecule has 1 aliphatic heterocycles. The number of aliphatic imine (C=N–C) groups is 1. The third kappa shape index (κ3) is 4.48. The van der Waals surface area contributed by atoms with Crippen molar-refractivity contribution < 1.29 is 8.42 Å². The summed E-state index contributed by atoms with van der Waals surface area (Å²) in [7, 11) is -3.37. The molecule has 2 N–H and O–H groups in total. The van der Waals surface area contributed by atoms with Gasteiger partial charge in [-0.25, -0.2) is 13.4 Å². The molecule has 0 aliphatic carbocycles. The van der Waals surface area contributed by atoms with Gasteiger partial charge in [0.1, 0.15) is 0 Å². The first-order valence-electron chi connectivity index (χ1n) is 8.63. The average Bonchev–Trinajstić information content (AvgIpc) is 2.62. The summed E-state index contributed by atoms with van der Waals surface area (Å²) >= 11 is 0. The van der Waals surface area contributed by atoms with Crippen molar-refractivity contribution in [1.29, 1.82) is 0 Å². The van der Waals surface area contributed by atoms with E-state index < -0.39 is 10.0 Å². The lowest BCUT2D eigenvalue weighted by Crippen LogP contribution is -2.37. The second kappa shape index (κ2) is 8.48. The van der Waals surface area contributed by atoms with Gasteiger partial charge in [-0.15, -0.1) is 0 Å². The van der Waals surface area contributed by atoms with E-state index in [4.69, 9.17) is 5.73 Å². The highest BCUT2D eigenvalue weighted by atomic mass is 32.2. The molecule has 0 spiro atoms. The highest BCUT2D eigenvalue weighted by Crippen LogP contribution is 2.21. The normalized spacial score (nSPS) is 17.0. The third-order valence-electron chi connectivity index (χ3n) is 4.39. The number of sulfonamides is 1. The number of piperidine rings is 1. The summed E-state index contributed by atoms with van der Waals surface area (Å²) in [6.07, 6.45) is 2.99. The maximum atomic E-state index is 12.6. The fourth-order valence-electron chi connectivity index (χ4n) is 2.84. The van der Waals surface area contributed by atoms with Crippen molar-refractivity contribution in [3.63, 3.8) is 0 Å². The highest BCUT2D eigenvalue weighted by Gasteiger charge is 2.25. The quantitative estimate of drug-likeness (QED) is 0.627. The Hall–Kier alpha value is -1.60. The number of hydrogen-bond donors (Lipinski definition) is 1. The molecule has 0 bridgehead atoms. The molecule has 1 aromatic carbocycles. The molecular weight excluding hydrogens is 324 g/mol. The van der Waals surface area contributed by atoms with Crippen LogP contribution in [0.2, 0.25) is 0 Å². The molecule has 0 radical (unpaired) electrons. The molecule has 7 heteroatoms. The number of benzene rings is 1. The van der Waals surface area contributed by atoms with Crippen LogP contribution in [0.3, 0.4) is 0 Å². The summed E-state index contributed by atoms with van der Waals surface area (Å²) < 4.78 is 26.8. The standard InChI is InChI=1S/C17H28N4O2S/c1-3-20(4-2)17(18)19-14-15-8-10-16(11-9-15)24(22,23)21-12-6-5-7-13-21/h8-11H,3-7,12-14H2,1-2H3,(H2,18,19). The van der Waals surface area contributed by atoms with Crippen molar-refractivity contribution >= 4 is 16.0 Å². The van der Waals surface area contributed by atoms with Crippen molar-refractivity contribution in [2.24, 2.45) is 10.7 Å². The molecule has 6 nitrogen and oxygen atoms in total. The molecule has 0 saturated carbocycles. The first-order valence-corrected chi connectivity index (χ1v) is 10.1. The van der Waals surface area contributed by atoms with Gasteiger partial charge in [0.05, 0.1) is 11.4 Å². The van der Waals surface area contributed by atoms with E-state index in [-0.39, 0.29) is 0 Å². The van der Waals surface area contributed by atoms with Gasteiger partial charge in [-0.2, -0.15) is 4.31 Å². The second-order valence-corrected chi connectivity index (χ2v) is 7.89. The van der Waals surface area contributed by atoms with Crippen LogP contribution in [0.4, 0.5) is 0 Å². The fourth-order valence-corrected chi connectivity index (χ4v) is 4.36. The van der Waals surface area contributed by atoms with E-state index >= 15 is 0 Å². The van der Waals surface area contributed by atoms with Crippen LogP contribution in [0.15, 0.2) is 34.2 Å². The van der Waals surface area contributed by atoms with Crippen LogP contribution >= 0.6 is 0 Å².